The fourth-order valence-electron chi connectivity index (χ4n) is 6.74. The van der Waals surface area contributed by atoms with E-state index < -0.39 is 0 Å². The number of nitrogens with zero attached hydrogens (tertiary/aromatic N) is 1. The van der Waals surface area contributed by atoms with Gasteiger partial charge in [0.1, 0.15) is 11.9 Å². The SMILES string of the molecule is C1=CCCC(c2ccc(-n3c4ccccc4c4cc(C5=CC=C6OC7C=CC=CC7C6C5)ccc43)cc2)=C1. The molecule has 3 atom stereocenters. The molecule has 4 aromatic rings. The molecule has 0 N–H and O–H groups in total. The maximum Gasteiger partial charge on any atom is 0.124 e. The predicted molar refractivity (Wildman–Crippen MR) is 158 cm³/mol. The monoisotopic (exact) mass is 491 g/mol. The van der Waals surface area contributed by atoms with Crippen LogP contribution in [0.15, 0.2) is 127 Å². The van der Waals surface area contributed by atoms with Crippen molar-refractivity contribution in [3.8, 4) is 5.69 Å². The van der Waals surface area contributed by atoms with E-state index in [0.29, 0.717) is 11.8 Å². The quantitative estimate of drug-likeness (QED) is 0.279. The molecule has 0 saturated carbocycles. The summed E-state index contributed by atoms with van der Waals surface area (Å²) in [5.74, 6) is 2.00. The average Bonchev–Trinajstić information content (AvgIpc) is 3.53. The van der Waals surface area contributed by atoms with Gasteiger partial charge < -0.3 is 9.30 Å². The van der Waals surface area contributed by atoms with Crippen LogP contribution < -0.4 is 0 Å². The highest BCUT2D eigenvalue weighted by Crippen LogP contribution is 2.46. The van der Waals surface area contributed by atoms with Crippen LogP contribution in [0.5, 0.6) is 0 Å². The molecule has 2 nitrogen and oxygen atoms in total. The van der Waals surface area contributed by atoms with Crippen molar-refractivity contribution in [3.05, 3.63) is 138 Å². The molecule has 3 aliphatic carbocycles. The van der Waals surface area contributed by atoms with Gasteiger partial charge in [-0.05, 0) is 84.0 Å². The van der Waals surface area contributed by atoms with Gasteiger partial charge in [-0.3, -0.25) is 0 Å². The van der Waals surface area contributed by atoms with Crippen molar-refractivity contribution < 1.29 is 4.74 Å². The van der Waals surface area contributed by atoms with E-state index in [-0.39, 0.29) is 6.10 Å². The normalized spacial score (nSPS) is 23.6. The molecule has 1 fully saturated rings. The Labute approximate surface area is 223 Å². The van der Waals surface area contributed by atoms with Gasteiger partial charge >= 0.3 is 0 Å². The molecule has 1 aromatic heterocycles. The minimum Gasteiger partial charge on any atom is -0.490 e. The number of ether oxygens (including phenoxy) is 1. The number of para-hydroxylation sites is 1. The first-order valence-corrected chi connectivity index (χ1v) is 13.8. The molecule has 1 saturated heterocycles. The van der Waals surface area contributed by atoms with Gasteiger partial charge in [0.05, 0.1) is 11.0 Å². The van der Waals surface area contributed by atoms with E-state index in [4.69, 9.17) is 4.74 Å². The molecular weight excluding hydrogens is 462 g/mol. The number of hydrogen-bond acceptors (Lipinski definition) is 1. The van der Waals surface area contributed by atoms with Crippen molar-refractivity contribution in [1.82, 2.24) is 4.57 Å². The minimum absolute atomic E-state index is 0.182. The summed E-state index contributed by atoms with van der Waals surface area (Å²) in [6, 6.07) is 24.9. The first-order chi connectivity index (χ1) is 18.8. The zero-order valence-electron chi connectivity index (χ0n) is 21.3. The van der Waals surface area contributed by atoms with E-state index in [0.717, 1.165) is 25.0 Å². The largest absolute Gasteiger partial charge is 0.490 e. The minimum atomic E-state index is 0.182. The van der Waals surface area contributed by atoms with Crippen LogP contribution in [0.4, 0.5) is 0 Å². The molecule has 0 amide bonds. The summed E-state index contributed by atoms with van der Waals surface area (Å²) in [5.41, 5.74) is 9.14. The second-order valence-electron chi connectivity index (χ2n) is 10.8. The third-order valence-electron chi connectivity index (χ3n) is 8.67. The average molecular weight is 492 g/mol. The van der Waals surface area contributed by atoms with Crippen molar-refractivity contribution in [2.45, 2.75) is 25.4 Å². The second kappa shape index (κ2) is 8.63. The second-order valence-corrected chi connectivity index (χ2v) is 10.8. The molecule has 0 bridgehead atoms. The molecule has 4 aliphatic rings. The van der Waals surface area contributed by atoms with E-state index in [9.17, 15) is 0 Å². The van der Waals surface area contributed by atoms with Gasteiger partial charge in [-0.1, -0.05) is 78.9 Å². The summed E-state index contributed by atoms with van der Waals surface area (Å²) >= 11 is 0. The Kier molecular flexibility index (Phi) is 4.94. The molecule has 1 aliphatic heterocycles. The molecule has 38 heavy (non-hydrogen) atoms. The smallest absolute Gasteiger partial charge is 0.124 e. The van der Waals surface area contributed by atoms with Crippen molar-refractivity contribution >= 4 is 33.0 Å². The Morgan fingerprint density at radius 1 is 0.711 bits per heavy atom. The molecule has 3 aromatic carbocycles. The van der Waals surface area contributed by atoms with Crippen LogP contribution in [0.25, 0.3) is 38.6 Å². The van der Waals surface area contributed by atoms with Crippen molar-refractivity contribution in [2.75, 3.05) is 0 Å². The van der Waals surface area contributed by atoms with Crippen molar-refractivity contribution in [1.29, 1.82) is 0 Å². The first-order valence-electron chi connectivity index (χ1n) is 13.8. The van der Waals surface area contributed by atoms with Crippen LogP contribution in [-0.2, 0) is 4.74 Å². The van der Waals surface area contributed by atoms with Crippen LogP contribution in [-0.4, -0.2) is 10.7 Å². The Balaban J connectivity index is 1.19. The van der Waals surface area contributed by atoms with Crippen LogP contribution in [0.1, 0.15) is 30.4 Å². The lowest BCUT2D eigenvalue weighted by Crippen LogP contribution is -2.18. The van der Waals surface area contributed by atoms with Gasteiger partial charge in [-0.15, -0.1) is 0 Å². The number of allylic oxidation sites excluding steroid dienone is 10. The maximum absolute atomic E-state index is 6.25. The summed E-state index contributed by atoms with van der Waals surface area (Å²) in [4.78, 5) is 0. The molecule has 2 heterocycles. The van der Waals surface area contributed by atoms with Crippen LogP contribution in [0.3, 0.4) is 0 Å². The number of aromatic nitrogens is 1. The summed E-state index contributed by atoms with van der Waals surface area (Å²) < 4.78 is 8.66. The number of fused-ring (bicyclic) bond motifs is 6. The third-order valence-corrected chi connectivity index (χ3v) is 8.67. The zero-order valence-corrected chi connectivity index (χ0v) is 21.3. The molecule has 3 unspecified atom stereocenters. The van der Waals surface area contributed by atoms with Gasteiger partial charge in [0.15, 0.2) is 0 Å². The lowest BCUT2D eigenvalue weighted by atomic mass is 9.79. The van der Waals surface area contributed by atoms with Gasteiger partial charge in [0.25, 0.3) is 0 Å². The molecular formula is C36H29NO. The maximum atomic E-state index is 6.25. The van der Waals surface area contributed by atoms with E-state index in [1.807, 2.05) is 0 Å². The molecule has 0 spiro atoms. The number of rotatable bonds is 3. The summed E-state index contributed by atoms with van der Waals surface area (Å²) in [6.45, 7) is 0. The Morgan fingerprint density at radius 3 is 2.45 bits per heavy atom. The van der Waals surface area contributed by atoms with Crippen molar-refractivity contribution in [2.24, 2.45) is 11.8 Å². The van der Waals surface area contributed by atoms with Gasteiger partial charge in [0.2, 0.25) is 0 Å². The topological polar surface area (TPSA) is 14.2 Å². The molecule has 184 valence electrons. The fraction of sp³-hybridized carbons (Fsp3) is 0.167. The predicted octanol–water partition coefficient (Wildman–Crippen LogP) is 8.95. The number of hydrogen-bond donors (Lipinski definition) is 0. The highest BCUT2D eigenvalue weighted by molar-refractivity contribution is 6.10. The van der Waals surface area contributed by atoms with E-state index in [1.54, 1.807) is 0 Å². The van der Waals surface area contributed by atoms with Crippen LogP contribution >= 0.6 is 0 Å². The van der Waals surface area contributed by atoms with Gasteiger partial charge in [0, 0.05) is 28.3 Å². The van der Waals surface area contributed by atoms with E-state index >= 15 is 0 Å². The third kappa shape index (κ3) is 3.40. The standard InChI is InChI=1S/C36H29NO/c1-2-8-24(9-3-1)25-14-18-28(19-15-25)37-33-12-6-4-10-29(33)31-22-26(16-20-34(31)37)27-17-21-36-32(23-27)30-11-5-7-13-35(30)38-36/h1-2,4-8,10-22,30,32,35H,3,9,23H2. The van der Waals surface area contributed by atoms with E-state index in [2.05, 4.69) is 126 Å². The summed E-state index contributed by atoms with van der Waals surface area (Å²) in [5, 5.41) is 2.60. The summed E-state index contributed by atoms with van der Waals surface area (Å²) in [7, 11) is 0. The van der Waals surface area contributed by atoms with Crippen LogP contribution in [0, 0.1) is 11.8 Å². The molecule has 2 heteroatoms. The van der Waals surface area contributed by atoms with Gasteiger partial charge in [-0.25, -0.2) is 0 Å². The Bertz CT molecular complexity index is 1770. The van der Waals surface area contributed by atoms with Gasteiger partial charge in [-0.2, -0.15) is 0 Å². The Morgan fingerprint density at radius 2 is 1.55 bits per heavy atom. The molecule has 8 rings (SSSR count). The molecule has 0 radical (unpaired) electrons. The van der Waals surface area contributed by atoms with Crippen molar-refractivity contribution in [3.63, 3.8) is 0 Å². The highest BCUT2D eigenvalue weighted by atomic mass is 16.5. The van der Waals surface area contributed by atoms with E-state index in [1.165, 1.54) is 49.8 Å². The first kappa shape index (κ1) is 21.8. The number of benzene rings is 3. The fourth-order valence-corrected chi connectivity index (χ4v) is 6.74. The lowest BCUT2D eigenvalue weighted by molar-refractivity contribution is 0.184. The highest BCUT2D eigenvalue weighted by Gasteiger charge is 2.40. The Hall–Kier alpha value is -4.30. The lowest BCUT2D eigenvalue weighted by Gasteiger charge is -2.22. The van der Waals surface area contributed by atoms with Crippen LogP contribution in [0.2, 0.25) is 0 Å². The zero-order chi connectivity index (χ0) is 25.1. The summed E-state index contributed by atoms with van der Waals surface area (Å²) in [6.07, 6.45) is 23.4.